The maximum Gasteiger partial charge on any atom is 0.243 e. The molecule has 0 saturated carbocycles. The van der Waals surface area contributed by atoms with Gasteiger partial charge in [0.05, 0.1) is 18.8 Å². The molecule has 0 unspecified atom stereocenters. The van der Waals surface area contributed by atoms with Gasteiger partial charge in [0.25, 0.3) is 0 Å². The van der Waals surface area contributed by atoms with Crippen LogP contribution in [0.5, 0.6) is 0 Å². The zero-order valence-corrected chi connectivity index (χ0v) is 12.9. The molecule has 0 aliphatic carbocycles. The lowest BCUT2D eigenvalue weighted by Gasteiger charge is -2.07. The topological polar surface area (TPSA) is 99.2 Å². The van der Waals surface area contributed by atoms with Crippen LogP contribution in [0.1, 0.15) is 26.7 Å². The summed E-state index contributed by atoms with van der Waals surface area (Å²) in [6.07, 6.45) is 4.59. The quantitative estimate of drug-likeness (QED) is 0.607. The number of aromatic nitrogens is 2. The summed E-state index contributed by atoms with van der Waals surface area (Å²) in [6, 6.07) is 0. The molecule has 20 heavy (non-hydrogen) atoms. The predicted molar refractivity (Wildman–Crippen MR) is 76.8 cm³/mol. The first-order valence-electron chi connectivity index (χ1n) is 6.79. The highest BCUT2D eigenvalue weighted by atomic mass is 32.2. The molecule has 0 radical (unpaired) electrons. The van der Waals surface area contributed by atoms with Crippen LogP contribution in [0.2, 0.25) is 0 Å². The Kier molecular flexibility index (Phi) is 7.14. The van der Waals surface area contributed by atoms with Gasteiger partial charge in [-0.3, -0.25) is 4.68 Å². The fourth-order valence-corrected chi connectivity index (χ4v) is 2.60. The zero-order chi connectivity index (χ0) is 15.0. The van der Waals surface area contributed by atoms with Gasteiger partial charge in [-0.15, -0.1) is 0 Å². The number of hydrogen-bond donors (Lipinski definition) is 2. The van der Waals surface area contributed by atoms with Gasteiger partial charge in [-0.05, 0) is 26.7 Å². The molecule has 1 heterocycles. The Morgan fingerprint density at radius 1 is 1.45 bits per heavy atom. The molecule has 8 heteroatoms. The highest BCUT2D eigenvalue weighted by Gasteiger charge is 2.15. The van der Waals surface area contributed by atoms with Gasteiger partial charge in [-0.1, -0.05) is 0 Å². The molecule has 0 aromatic carbocycles. The second-order valence-corrected chi connectivity index (χ2v) is 6.52. The molecule has 0 saturated heterocycles. The van der Waals surface area contributed by atoms with Crippen molar-refractivity contribution in [2.24, 2.45) is 5.73 Å². The number of hydrogen-bond acceptors (Lipinski definition) is 5. The van der Waals surface area contributed by atoms with Crippen LogP contribution in [0.25, 0.3) is 0 Å². The van der Waals surface area contributed by atoms with Crippen molar-refractivity contribution in [1.82, 2.24) is 14.5 Å². The average Bonchev–Trinajstić information content (AvgIpc) is 2.83. The Balaban J connectivity index is 2.33. The van der Waals surface area contributed by atoms with E-state index < -0.39 is 10.0 Å². The molecule has 3 N–H and O–H groups in total. The summed E-state index contributed by atoms with van der Waals surface area (Å²) < 4.78 is 33.4. The lowest BCUT2D eigenvalue weighted by molar-refractivity contribution is 0.0762. The monoisotopic (exact) mass is 304 g/mol. The molecule has 116 valence electrons. The summed E-state index contributed by atoms with van der Waals surface area (Å²) in [5.74, 6) is 0. The Morgan fingerprint density at radius 2 is 2.20 bits per heavy atom. The SMILES string of the molecule is CC(C)OCCCCNS(=O)(=O)c1cnn(CCN)c1. The molecule has 1 aromatic heterocycles. The van der Waals surface area contributed by atoms with E-state index in [1.807, 2.05) is 13.8 Å². The van der Waals surface area contributed by atoms with Crippen LogP contribution in [0.15, 0.2) is 17.3 Å². The van der Waals surface area contributed by atoms with E-state index in [-0.39, 0.29) is 11.0 Å². The van der Waals surface area contributed by atoms with Crippen molar-refractivity contribution >= 4 is 10.0 Å². The number of ether oxygens (including phenoxy) is 1. The first-order valence-corrected chi connectivity index (χ1v) is 8.28. The van der Waals surface area contributed by atoms with E-state index in [2.05, 4.69) is 9.82 Å². The molecule has 0 aliphatic heterocycles. The highest BCUT2D eigenvalue weighted by molar-refractivity contribution is 7.89. The molecule has 7 nitrogen and oxygen atoms in total. The Morgan fingerprint density at radius 3 is 2.85 bits per heavy atom. The largest absolute Gasteiger partial charge is 0.379 e. The van der Waals surface area contributed by atoms with Crippen LogP contribution < -0.4 is 10.5 Å². The summed E-state index contributed by atoms with van der Waals surface area (Å²) >= 11 is 0. The molecule has 0 spiro atoms. The van der Waals surface area contributed by atoms with E-state index in [4.69, 9.17) is 10.5 Å². The molecule has 0 atom stereocenters. The average molecular weight is 304 g/mol. The van der Waals surface area contributed by atoms with Crippen LogP contribution in [0.3, 0.4) is 0 Å². The second kappa shape index (κ2) is 8.35. The van der Waals surface area contributed by atoms with Crippen molar-refractivity contribution < 1.29 is 13.2 Å². The second-order valence-electron chi connectivity index (χ2n) is 4.75. The molecular weight excluding hydrogens is 280 g/mol. The lowest BCUT2D eigenvalue weighted by atomic mass is 10.3. The predicted octanol–water partition coefficient (Wildman–Crippen LogP) is 0.325. The molecule has 0 bridgehead atoms. The van der Waals surface area contributed by atoms with E-state index in [1.165, 1.54) is 17.1 Å². The van der Waals surface area contributed by atoms with Gasteiger partial charge in [0.15, 0.2) is 0 Å². The summed E-state index contributed by atoms with van der Waals surface area (Å²) in [5.41, 5.74) is 5.39. The minimum atomic E-state index is -3.48. The number of sulfonamides is 1. The van der Waals surface area contributed by atoms with Gasteiger partial charge in [-0.25, -0.2) is 13.1 Å². The van der Waals surface area contributed by atoms with Crippen LogP contribution in [-0.2, 0) is 21.3 Å². The van der Waals surface area contributed by atoms with Gasteiger partial charge < -0.3 is 10.5 Å². The summed E-state index contributed by atoms with van der Waals surface area (Å²) in [4.78, 5) is 0.171. The third kappa shape index (κ3) is 6.00. The molecule has 1 rings (SSSR count). The number of nitrogens with two attached hydrogens (primary N) is 1. The normalized spacial score (nSPS) is 12.2. The standard InChI is InChI=1S/C12H24N4O3S/c1-11(2)19-8-4-3-6-15-20(17,18)12-9-14-16(10-12)7-5-13/h9-11,15H,3-8,13H2,1-2H3. The van der Waals surface area contributed by atoms with Crippen LogP contribution in [0.4, 0.5) is 0 Å². The maximum atomic E-state index is 12.0. The van der Waals surface area contributed by atoms with Gasteiger partial charge in [0, 0.05) is 25.9 Å². The summed E-state index contributed by atoms with van der Waals surface area (Å²) in [5, 5.41) is 3.95. The van der Waals surface area contributed by atoms with E-state index in [0.29, 0.717) is 26.2 Å². The number of rotatable bonds is 10. The first kappa shape index (κ1) is 17.1. The van der Waals surface area contributed by atoms with Crippen molar-refractivity contribution in [3.8, 4) is 0 Å². The smallest absolute Gasteiger partial charge is 0.243 e. The van der Waals surface area contributed by atoms with Crippen molar-refractivity contribution in [3.05, 3.63) is 12.4 Å². The van der Waals surface area contributed by atoms with Gasteiger partial charge in [0.2, 0.25) is 10.0 Å². The van der Waals surface area contributed by atoms with Crippen molar-refractivity contribution in [3.63, 3.8) is 0 Å². The Labute approximate surface area is 120 Å². The van der Waals surface area contributed by atoms with E-state index in [1.54, 1.807) is 0 Å². The van der Waals surface area contributed by atoms with Crippen LogP contribution >= 0.6 is 0 Å². The lowest BCUT2D eigenvalue weighted by Crippen LogP contribution is -2.24. The van der Waals surface area contributed by atoms with E-state index in [0.717, 1.165) is 12.8 Å². The highest BCUT2D eigenvalue weighted by Crippen LogP contribution is 2.06. The van der Waals surface area contributed by atoms with Gasteiger partial charge in [-0.2, -0.15) is 5.10 Å². The summed E-state index contributed by atoms with van der Waals surface area (Å²) in [7, 11) is -3.48. The Bertz CT molecular complexity index is 485. The third-order valence-electron chi connectivity index (χ3n) is 2.59. The molecule has 0 fully saturated rings. The summed E-state index contributed by atoms with van der Waals surface area (Å²) in [6.45, 7) is 5.91. The fourth-order valence-electron chi connectivity index (χ4n) is 1.57. The van der Waals surface area contributed by atoms with Gasteiger partial charge in [0.1, 0.15) is 4.90 Å². The minimum Gasteiger partial charge on any atom is -0.379 e. The van der Waals surface area contributed by atoms with Crippen LogP contribution in [0, 0.1) is 0 Å². The minimum absolute atomic E-state index is 0.171. The molecule has 0 amide bonds. The molecule has 1 aromatic rings. The first-order chi connectivity index (χ1) is 9.45. The number of nitrogens with one attached hydrogen (secondary N) is 1. The Hall–Kier alpha value is -0.960. The van der Waals surface area contributed by atoms with Crippen molar-refractivity contribution in [1.29, 1.82) is 0 Å². The number of unbranched alkanes of at least 4 members (excludes halogenated alkanes) is 1. The van der Waals surface area contributed by atoms with E-state index >= 15 is 0 Å². The molecular formula is C12H24N4O3S. The van der Waals surface area contributed by atoms with E-state index in [9.17, 15) is 8.42 Å². The maximum absolute atomic E-state index is 12.0. The van der Waals surface area contributed by atoms with Crippen LogP contribution in [-0.4, -0.2) is 44.0 Å². The zero-order valence-electron chi connectivity index (χ0n) is 12.1. The van der Waals surface area contributed by atoms with Gasteiger partial charge >= 0.3 is 0 Å². The fraction of sp³-hybridized carbons (Fsp3) is 0.750. The number of nitrogens with zero attached hydrogens (tertiary/aromatic N) is 2. The van der Waals surface area contributed by atoms with Crippen molar-refractivity contribution in [2.75, 3.05) is 19.7 Å². The third-order valence-corrected chi connectivity index (χ3v) is 4.01. The molecule has 0 aliphatic rings. The van der Waals surface area contributed by atoms with Crippen molar-refractivity contribution in [2.45, 2.75) is 44.2 Å².